The van der Waals surface area contributed by atoms with Crippen molar-refractivity contribution in [1.82, 2.24) is 10.0 Å². The summed E-state index contributed by atoms with van der Waals surface area (Å²) in [4.78, 5) is 0. The van der Waals surface area contributed by atoms with Gasteiger partial charge in [-0.2, -0.15) is 0 Å². The summed E-state index contributed by atoms with van der Waals surface area (Å²) < 4.78 is 0. The van der Waals surface area contributed by atoms with Gasteiger partial charge < -0.3 is 0 Å². The highest BCUT2D eigenvalue weighted by Gasteiger charge is 2.49. The molecule has 0 atom stereocenters. The van der Waals surface area contributed by atoms with Crippen molar-refractivity contribution in [2.24, 2.45) is 22.3 Å². The monoisotopic (exact) mass is 304 g/mol. The molecule has 124 valence electrons. The van der Waals surface area contributed by atoms with Gasteiger partial charge in [0.2, 0.25) is 0 Å². The number of hydrogen-bond acceptors (Lipinski definition) is 2. The molecule has 0 unspecified atom stereocenters. The van der Waals surface area contributed by atoms with Crippen molar-refractivity contribution in [3.05, 3.63) is 0 Å². The fourth-order valence-electron chi connectivity index (χ4n) is 5.83. The molecule has 4 heterocycles. The molecule has 2 aliphatic carbocycles. The van der Waals surface area contributed by atoms with Gasteiger partial charge in [-0.1, -0.05) is 10.4 Å². The summed E-state index contributed by atoms with van der Waals surface area (Å²) in [6.07, 6.45) is 10.7. The molecule has 4 aliphatic heterocycles. The van der Waals surface area contributed by atoms with Crippen LogP contribution in [0.3, 0.4) is 0 Å². The Hall–Kier alpha value is -0.800. The molecule has 0 aromatic carbocycles. The van der Waals surface area contributed by atoms with Crippen LogP contribution in [-0.4, -0.2) is 33.2 Å². The van der Waals surface area contributed by atoms with Gasteiger partial charge in [-0.05, 0) is 90.9 Å². The van der Waals surface area contributed by atoms with Crippen LogP contribution in [0.2, 0.25) is 0 Å². The van der Waals surface area contributed by atoms with Crippen molar-refractivity contribution in [3.63, 3.8) is 0 Å². The van der Waals surface area contributed by atoms with E-state index in [-0.39, 0.29) is 11.1 Å². The second-order valence-corrected chi connectivity index (χ2v) is 9.19. The molecule has 0 N–H and O–H groups in total. The molecular weight excluding hydrogens is 272 g/mol. The first-order valence-corrected chi connectivity index (χ1v) is 9.41. The van der Waals surface area contributed by atoms with E-state index in [0.717, 1.165) is 11.8 Å². The van der Waals surface area contributed by atoms with E-state index in [2.05, 4.69) is 37.7 Å². The summed E-state index contributed by atoms with van der Waals surface area (Å²) in [6, 6.07) is 1.24. The summed E-state index contributed by atoms with van der Waals surface area (Å²) in [5.41, 5.74) is 0.368. The first-order chi connectivity index (χ1) is 10.4. The Morgan fingerprint density at radius 1 is 0.591 bits per heavy atom. The lowest BCUT2D eigenvalue weighted by Gasteiger charge is -2.56. The highest BCUT2D eigenvalue weighted by atomic mass is 15.7. The number of hydrogen-bond donors (Lipinski definition) is 0. The number of nitrogens with zero attached hydrogens (tertiary/aromatic N) is 4. The van der Waals surface area contributed by atoms with E-state index >= 15 is 0 Å². The Morgan fingerprint density at radius 3 is 1.18 bits per heavy atom. The van der Waals surface area contributed by atoms with Crippen molar-refractivity contribution in [2.45, 2.75) is 102 Å². The standard InChI is InChI=1S/C18H32N4/c1-17(2)13-5-9-15(10-6-13)21(17)19-20-22-16-11-7-14(8-12-16)18(22,3)4/h13-16H,5-12H2,1-4H3. The van der Waals surface area contributed by atoms with Crippen molar-refractivity contribution in [1.29, 1.82) is 0 Å². The second-order valence-electron chi connectivity index (χ2n) is 9.19. The summed E-state index contributed by atoms with van der Waals surface area (Å²) in [5, 5.41) is 14.4. The van der Waals surface area contributed by atoms with E-state index in [0.29, 0.717) is 12.1 Å². The smallest absolute Gasteiger partial charge is 0.0572 e. The van der Waals surface area contributed by atoms with Crippen LogP contribution in [0.25, 0.3) is 0 Å². The largest absolute Gasteiger partial charge is 0.268 e. The third kappa shape index (κ3) is 2.01. The van der Waals surface area contributed by atoms with Crippen LogP contribution in [0.5, 0.6) is 0 Å². The SMILES string of the molecule is CC1(C)C2CCC(CC2)N1N=NN1C2CCC(CC2)C1(C)C. The molecule has 0 aromatic heterocycles. The molecule has 6 rings (SSSR count). The Labute approximate surface area is 135 Å². The lowest BCUT2D eigenvalue weighted by atomic mass is 9.69. The highest BCUT2D eigenvalue weighted by molar-refractivity contribution is 5.01. The minimum atomic E-state index is 0.184. The highest BCUT2D eigenvalue weighted by Crippen LogP contribution is 2.48. The van der Waals surface area contributed by atoms with Gasteiger partial charge in [0.25, 0.3) is 0 Å². The minimum Gasteiger partial charge on any atom is -0.268 e. The van der Waals surface area contributed by atoms with Crippen LogP contribution in [-0.2, 0) is 0 Å². The molecule has 6 fully saturated rings. The first kappa shape index (κ1) is 14.8. The molecule has 0 spiro atoms. The maximum atomic E-state index is 4.84. The molecule has 4 heteroatoms. The molecule has 4 nitrogen and oxygen atoms in total. The van der Waals surface area contributed by atoms with E-state index in [9.17, 15) is 0 Å². The molecular formula is C18H32N4. The lowest BCUT2D eigenvalue weighted by molar-refractivity contribution is -0.104. The molecule has 0 aromatic rings. The Morgan fingerprint density at radius 2 is 0.909 bits per heavy atom. The number of fused-ring (bicyclic) bond motifs is 6. The average molecular weight is 304 g/mol. The molecule has 6 aliphatic rings. The van der Waals surface area contributed by atoms with Crippen LogP contribution in [0.4, 0.5) is 0 Å². The van der Waals surface area contributed by atoms with Gasteiger partial charge in [-0.25, -0.2) is 0 Å². The fraction of sp³-hybridized carbons (Fsp3) is 1.00. The zero-order chi connectivity index (χ0) is 15.5. The topological polar surface area (TPSA) is 31.2 Å². The second kappa shape index (κ2) is 4.85. The zero-order valence-electron chi connectivity index (χ0n) is 14.8. The van der Waals surface area contributed by atoms with Gasteiger partial charge in [0.1, 0.15) is 0 Å². The van der Waals surface area contributed by atoms with E-state index in [1.54, 1.807) is 0 Å². The normalized spacial score (nSPS) is 42.4. The minimum absolute atomic E-state index is 0.184. The summed E-state index contributed by atoms with van der Waals surface area (Å²) in [7, 11) is 0. The van der Waals surface area contributed by atoms with Gasteiger partial charge in [0.15, 0.2) is 0 Å². The Balaban J connectivity index is 1.56. The van der Waals surface area contributed by atoms with Crippen LogP contribution >= 0.6 is 0 Å². The first-order valence-electron chi connectivity index (χ1n) is 9.41. The van der Waals surface area contributed by atoms with Crippen LogP contribution in [0, 0.1) is 11.8 Å². The van der Waals surface area contributed by atoms with Crippen LogP contribution in [0.1, 0.15) is 79.1 Å². The van der Waals surface area contributed by atoms with Crippen LogP contribution < -0.4 is 0 Å². The number of piperidine rings is 4. The third-order valence-corrected chi connectivity index (χ3v) is 7.50. The molecule has 4 bridgehead atoms. The lowest BCUT2D eigenvalue weighted by Crippen LogP contribution is -2.60. The van der Waals surface area contributed by atoms with E-state index in [1.807, 2.05) is 0 Å². The predicted molar refractivity (Wildman–Crippen MR) is 88.2 cm³/mol. The Bertz CT molecular complexity index is 412. The maximum Gasteiger partial charge on any atom is 0.0572 e. The summed E-state index contributed by atoms with van der Waals surface area (Å²) in [5.74, 6) is 1.59. The van der Waals surface area contributed by atoms with Crippen molar-refractivity contribution in [3.8, 4) is 0 Å². The van der Waals surface area contributed by atoms with Gasteiger partial charge in [-0.15, -0.1) is 0 Å². The molecule has 0 radical (unpaired) electrons. The van der Waals surface area contributed by atoms with Gasteiger partial charge in [0, 0.05) is 12.1 Å². The van der Waals surface area contributed by atoms with Crippen molar-refractivity contribution >= 4 is 0 Å². The summed E-state index contributed by atoms with van der Waals surface area (Å²) in [6.45, 7) is 9.48. The van der Waals surface area contributed by atoms with Crippen molar-refractivity contribution < 1.29 is 0 Å². The van der Waals surface area contributed by atoms with Gasteiger partial charge in [-0.3, -0.25) is 10.0 Å². The predicted octanol–water partition coefficient (Wildman–Crippen LogP) is 4.57. The van der Waals surface area contributed by atoms with Crippen molar-refractivity contribution in [2.75, 3.05) is 0 Å². The fourth-order valence-corrected chi connectivity index (χ4v) is 5.83. The molecule has 2 saturated carbocycles. The quantitative estimate of drug-likeness (QED) is 0.699. The molecule has 4 saturated heterocycles. The number of rotatable bonds is 2. The Kier molecular flexibility index (Phi) is 3.25. The molecule has 0 amide bonds. The van der Waals surface area contributed by atoms with Gasteiger partial charge in [0.05, 0.1) is 11.1 Å². The zero-order valence-corrected chi connectivity index (χ0v) is 14.8. The van der Waals surface area contributed by atoms with E-state index in [1.165, 1.54) is 51.4 Å². The molecule has 22 heavy (non-hydrogen) atoms. The van der Waals surface area contributed by atoms with E-state index < -0.39 is 0 Å². The summed E-state index contributed by atoms with van der Waals surface area (Å²) >= 11 is 0. The van der Waals surface area contributed by atoms with Gasteiger partial charge >= 0.3 is 0 Å². The van der Waals surface area contributed by atoms with Crippen LogP contribution in [0.15, 0.2) is 10.4 Å². The van der Waals surface area contributed by atoms with E-state index in [4.69, 9.17) is 10.4 Å². The third-order valence-electron chi connectivity index (χ3n) is 7.50. The average Bonchev–Trinajstić information content (AvgIpc) is 2.49. The maximum absolute atomic E-state index is 4.84.